The smallest absolute Gasteiger partial charge is 0.238 e. The van der Waals surface area contributed by atoms with Gasteiger partial charge in [-0.2, -0.15) is 9.97 Å². The molecule has 232 valence electrons. The molecule has 0 amide bonds. The molecule has 0 spiro atoms. The lowest BCUT2D eigenvalue weighted by Crippen LogP contribution is -2.06. The van der Waals surface area contributed by atoms with Crippen LogP contribution >= 0.6 is 11.3 Å². The molecule has 0 saturated heterocycles. The lowest BCUT2D eigenvalue weighted by atomic mass is 9.96. The lowest BCUT2D eigenvalue weighted by Gasteiger charge is -2.12. The van der Waals surface area contributed by atoms with Crippen molar-refractivity contribution in [2.45, 2.75) is 0 Å². The van der Waals surface area contributed by atoms with Gasteiger partial charge >= 0.3 is 0 Å². The molecular weight excluding hydrogens is 629 g/mol. The average molecular weight is 655 g/mol. The largest absolute Gasteiger partial charge is 0.277 e. The van der Waals surface area contributed by atoms with E-state index >= 15 is 0 Å². The molecule has 0 aliphatic heterocycles. The number of fused-ring (bicyclic) bond motifs is 14. The summed E-state index contributed by atoms with van der Waals surface area (Å²) in [7, 11) is 0. The van der Waals surface area contributed by atoms with E-state index in [0.717, 1.165) is 22.2 Å². The molecule has 0 fully saturated rings. The molecule has 8 aromatic carbocycles. The second kappa shape index (κ2) is 10.5. The van der Waals surface area contributed by atoms with Crippen LogP contribution in [0.4, 0.5) is 0 Å². The molecule has 11 aromatic rings. The third kappa shape index (κ3) is 3.89. The quantitative estimate of drug-likeness (QED) is 0.190. The summed E-state index contributed by atoms with van der Waals surface area (Å²) < 4.78 is 4.91. The van der Waals surface area contributed by atoms with Gasteiger partial charge in [0.1, 0.15) is 0 Å². The van der Waals surface area contributed by atoms with Gasteiger partial charge in [-0.1, -0.05) is 152 Å². The van der Waals surface area contributed by atoms with Crippen LogP contribution in [0.25, 0.3) is 103 Å². The number of hydrogen-bond acceptors (Lipinski definition) is 4. The normalized spacial score (nSPS) is 12.0. The molecule has 0 aliphatic rings. The molecule has 0 bridgehead atoms. The van der Waals surface area contributed by atoms with Crippen molar-refractivity contribution in [3.63, 3.8) is 0 Å². The van der Waals surface area contributed by atoms with E-state index in [2.05, 4.69) is 126 Å². The summed E-state index contributed by atoms with van der Waals surface area (Å²) in [4.78, 5) is 15.6. The number of rotatable bonds is 3. The molecule has 0 N–H and O–H groups in total. The predicted molar refractivity (Wildman–Crippen MR) is 210 cm³/mol. The van der Waals surface area contributed by atoms with Crippen LogP contribution in [0.5, 0.6) is 0 Å². The van der Waals surface area contributed by atoms with E-state index in [1.54, 1.807) is 0 Å². The molecule has 4 nitrogen and oxygen atoms in total. The Morgan fingerprint density at radius 2 is 0.940 bits per heavy atom. The molecular formula is C45H26N4S. The number of benzene rings is 8. The molecule has 3 aromatic heterocycles. The second-order valence-electron chi connectivity index (χ2n) is 12.8. The third-order valence-corrected chi connectivity index (χ3v) is 11.3. The highest BCUT2D eigenvalue weighted by Crippen LogP contribution is 2.50. The van der Waals surface area contributed by atoms with E-state index in [9.17, 15) is 0 Å². The Bertz CT molecular complexity index is 3080. The first-order valence-electron chi connectivity index (χ1n) is 16.8. The molecule has 0 aliphatic carbocycles. The summed E-state index contributed by atoms with van der Waals surface area (Å²) in [6.45, 7) is 0. The van der Waals surface area contributed by atoms with Crippen molar-refractivity contribution in [2.24, 2.45) is 0 Å². The minimum absolute atomic E-state index is 0.600. The maximum absolute atomic E-state index is 5.27. The van der Waals surface area contributed by atoms with Crippen LogP contribution in [0.15, 0.2) is 158 Å². The Kier molecular flexibility index (Phi) is 5.80. The first-order valence-corrected chi connectivity index (χ1v) is 17.6. The van der Waals surface area contributed by atoms with Crippen LogP contribution in [0.3, 0.4) is 0 Å². The van der Waals surface area contributed by atoms with Crippen LogP contribution in [-0.2, 0) is 0 Å². The van der Waals surface area contributed by atoms with E-state index in [4.69, 9.17) is 15.0 Å². The van der Waals surface area contributed by atoms with Crippen molar-refractivity contribution >= 4 is 85.6 Å². The fourth-order valence-electron chi connectivity index (χ4n) is 7.81. The Labute approximate surface area is 290 Å². The number of aromatic nitrogens is 4. The second-order valence-corrected chi connectivity index (χ2v) is 13.8. The van der Waals surface area contributed by atoms with Crippen molar-refractivity contribution in [1.82, 2.24) is 19.5 Å². The van der Waals surface area contributed by atoms with Crippen LogP contribution in [0, 0.1) is 0 Å². The highest BCUT2D eigenvalue weighted by atomic mass is 32.1. The van der Waals surface area contributed by atoms with Gasteiger partial charge in [0, 0.05) is 52.8 Å². The maximum atomic E-state index is 5.27. The molecule has 0 saturated carbocycles. The molecule has 0 atom stereocenters. The van der Waals surface area contributed by atoms with E-state index in [1.807, 2.05) is 47.7 Å². The minimum Gasteiger partial charge on any atom is -0.277 e. The van der Waals surface area contributed by atoms with Gasteiger partial charge in [0.25, 0.3) is 0 Å². The SMILES string of the molecule is c1ccc(-c2nc(-c3ccccc3)nc(-n3c4ccc5ccccc5c4c4c5c6ccc7ccccc7c6sc5c5ccccc5c43)n2)cc1. The van der Waals surface area contributed by atoms with Gasteiger partial charge in [-0.3, -0.25) is 4.57 Å². The van der Waals surface area contributed by atoms with Gasteiger partial charge in [0.2, 0.25) is 5.95 Å². The molecule has 3 heterocycles. The maximum Gasteiger partial charge on any atom is 0.238 e. The zero-order valence-corrected chi connectivity index (χ0v) is 27.5. The fourth-order valence-corrected chi connectivity index (χ4v) is 9.20. The van der Waals surface area contributed by atoms with Crippen LogP contribution in [0.2, 0.25) is 0 Å². The van der Waals surface area contributed by atoms with E-state index < -0.39 is 0 Å². The molecule has 0 radical (unpaired) electrons. The summed E-state index contributed by atoms with van der Waals surface area (Å²) in [5, 5.41) is 12.4. The lowest BCUT2D eigenvalue weighted by molar-refractivity contribution is 0.955. The summed E-state index contributed by atoms with van der Waals surface area (Å²) in [6, 6.07) is 55.8. The van der Waals surface area contributed by atoms with Gasteiger partial charge in [-0.15, -0.1) is 11.3 Å². The van der Waals surface area contributed by atoms with Crippen molar-refractivity contribution < 1.29 is 0 Å². The fraction of sp³-hybridized carbons (Fsp3) is 0. The van der Waals surface area contributed by atoms with Gasteiger partial charge in [0.15, 0.2) is 11.6 Å². The summed E-state index contributed by atoms with van der Waals surface area (Å²) in [5.74, 6) is 1.88. The van der Waals surface area contributed by atoms with Crippen LogP contribution < -0.4 is 0 Å². The minimum atomic E-state index is 0.600. The van der Waals surface area contributed by atoms with Crippen LogP contribution in [0.1, 0.15) is 0 Å². The number of nitrogens with zero attached hydrogens (tertiary/aromatic N) is 4. The molecule has 11 rings (SSSR count). The summed E-state index contributed by atoms with van der Waals surface area (Å²) >= 11 is 1.90. The zero-order valence-electron chi connectivity index (χ0n) is 26.7. The van der Waals surface area contributed by atoms with Crippen molar-refractivity contribution in [1.29, 1.82) is 0 Å². The summed E-state index contributed by atoms with van der Waals surface area (Å²) in [6.07, 6.45) is 0. The van der Waals surface area contributed by atoms with Crippen molar-refractivity contribution in [3.05, 3.63) is 158 Å². The van der Waals surface area contributed by atoms with Crippen LogP contribution in [-0.4, -0.2) is 19.5 Å². The van der Waals surface area contributed by atoms with Crippen molar-refractivity contribution in [2.75, 3.05) is 0 Å². The first-order chi connectivity index (χ1) is 24.8. The average Bonchev–Trinajstić information content (AvgIpc) is 3.76. The van der Waals surface area contributed by atoms with E-state index in [0.29, 0.717) is 17.6 Å². The Balaban J connectivity index is 1.40. The standard InChI is InChI=1S/C45H26N4S/c1-3-15-29(16-4-1)43-46-44(30-17-5-2-6-18-30)48-45(47-43)49-36-26-24-27-13-7-9-19-31(27)37(36)39-38-35-25-23-28-14-8-10-20-32(28)41(35)50-42(38)34-22-12-11-21-33(34)40(39)49/h1-26H. The first kappa shape index (κ1) is 27.5. The highest BCUT2D eigenvalue weighted by molar-refractivity contribution is 7.27. The highest BCUT2D eigenvalue weighted by Gasteiger charge is 2.25. The summed E-state index contributed by atoms with van der Waals surface area (Å²) in [5.41, 5.74) is 4.07. The van der Waals surface area contributed by atoms with Gasteiger partial charge < -0.3 is 0 Å². The van der Waals surface area contributed by atoms with E-state index in [-0.39, 0.29) is 0 Å². The Morgan fingerprint density at radius 1 is 0.380 bits per heavy atom. The topological polar surface area (TPSA) is 43.6 Å². The number of hydrogen-bond donors (Lipinski definition) is 0. The van der Waals surface area contributed by atoms with Gasteiger partial charge in [0.05, 0.1) is 11.0 Å². The predicted octanol–water partition coefficient (Wildman–Crippen LogP) is 12.1. The van der Waals surface area contributed by atoms with E-state index in [1.165, 1.54) is 63.3 Å². The van der Waals surface area contributed by atoms with Gasteiger partial charge in [-0.25, -0.2) is 4.98 Å². The van der Waals surface area contributed by atoms with Crippen molar-refractivity contribution in [3.8, 4) is 28.7 Å². The van der Waals surface area contributed by atoms with Gasteiger partial charge in [-0.05, 0) is 27.6 Å². The zero-order chi connectivity index (χ0) is 32.8. The molecule has 0 unspecified atom stereocenters. The monoisotopic (exact) mass is 654 g/mol. The number of thiophene rings is 1. The Hall–Kier alpha value is -6.43. The third-order valence-electron chi connectivity index (χ3n) is 10.0. The molecule has 5 heteroatoms. The molecule has 50 heavy (non-hydrogen) atoms. The Morgan fingerprint density at radius 3 is 1.64 bits per heavy atom.